The first-order chi connectivity index (χ1) is 27.6. The molecule has 0 bridgehead atoms. The van der Waals surface area contributed by atoms with E-state index in [-0.39, 0.29) is 51.6 Å². The largest absolute Gasteiger partial charge is 0.444 e. The number of alkyl halides is 2. The number of nitrogens with one attached hydrogen (secondary N) is 1. The van der Waals surface area contributed by atoms with Crippen molar-refractivity contribution >= 4 is 46.7 Å². The van der Waals surface area contributed by atoms with Gasteiger partial charge in [-0.2, -0.15) is 13.2 Å². The maximum Gasteiger partial charge on any atom is 0.410 e. The highest BCUT2D eigenvalue weighted by molar-refractivity contribution is 6.34. The second-order valence-electron chi connectivity index (χ2n) is 15.8. The Morgan fingerprint density at radius 3 is 2.33 bits per heavy atom. The van der Waals surface area contributed by atoms with Gasteiger partial charge in [-0.1, -0.05) is 11.6 Å². The van der Waals surface area contributed by atoms with Crippen LogP contribution in [0.5, 0.6) is 5.75 Å². The minimum absolute atomic E-state index is 0.0605. The van der Waals surface area contributed by atoms with Crippen molar-refractivity contribution in [1.82, 2.24) is 34.0 Å². The summed E-state index contributed by atoms with van der Waals surface area (Å²) >= 11 is 6.62. The van der Waals surface area contributed by atoms with Gasteiger partial charge in [-0.15, -0.1) is 0 Å². The molecule has 310 valence electrons. The van der Waals surface area contributed by atoms with Crippen LogP contribution in [0, 0.1) is 23.5 Å². The summed E-state index contributed by atoms with van der Waals surface area (Å²) in [5.74, 6) is -3.42. The Labute approximate surface area is 337 Å². The molecule has 13 nitrogen and oxygen atoms in total. The third-order valence-corrected chi connectivity index (χ3v) is 11.0. The fourth-order valence-electron chi connectivity index (χ4n) is 7.79. The molecule has 3 fully saturated rings. The van der Waals surface area contributed by atoms with Crippen LogP contribution in [0.2, 0.25) is 5.02 Å². The normalized spacial score (nSPS) is 18.3. The van der Waals surface area contributed by atoms with Crippen LogP contribution in [0.25, 0.3) is 16.9 Å². The highest BCUT2D eigenvalue weighted by Gasteiger charge is 2.35. The monoisotopic (exact) mass is 828 g/mol. The van der Waals surface area contributed by atoms with Gasteiger partial charge < -0.3 is 34.4 Å². The number of carbonyl (C=O) groups is 3. The van der Waals surface area contributed by atoms with E-state index in [1.54, 1.807) is 28.0 Å². The number of halogens is 5. The van der Waals surface area contributed by atoms with Crippen LogP contribution in [-0.4, -0.2) is 123 Å². The highest BCUT2D eigenvalue weighted by atomic mass is 35.5. The summed E-state index contributed by atoms with van der Waals surface area (Å²) in [7, 11) is 0. The molecule has 18 heteroatoms. The molecule has 3 saturated heterocycles. The molecule has 58 heavy (non-hydrogen) atoms. The Balaban J connectivity index is 0.900. The first kappa shape index (κ1) is 41.0. The number of aromatic nitrogens is 3. The lowest BCUT2D eigenvalue weighted by molar-refractivity contribution is -0.138. The zero-order valence-electron chi connectivity index (χ0n) is 32.4. The Bertz CT molecular complexity index is 2170. The van der Waals surface area contributed by atoms with Gasteiger partial charge in [0, 0.05) is 75.4 Å². The molecule has 1 N–H and O–H groups in total. The molecule has 1 atom stereocenters. The standard InChI is InChI=1S/C40H45ClF4N8O5/c1-40(2,3)58-39(56)52-14-8-24(23-52)22-49-12-9-25(10-13-49)36(54)50-16-18-51(19-17-50)37(55)27-5-4-26(20-29(27)41)48-34-35-47-21-30(53(35)15-11-46-34)28-6-7-31(57-38(44)45)33(43)32(28)42/h4-7,11,15,20-21,24-25,38H,8-10,12-14,16-19,22-23H2,1-3H3,(H,46,48). The quantitative estimate of drug-likeness (QED) is 0.179. The smallest absolute Gasteiger partial charge is 0.410 e. The second kappa shape index (κ2) is 17.0. The molecule has 7 rings (SSSR count). The van der Waals surface area contributed by atoms with E-state index in [1.165, 1.54) is 23.0 Å². The zero-order valence-corrected chi connectivity index (χ0v) is 33.2. The summed E-state index contributed by atoms with van der Waals surface area (Å²) in [5.41, 5.74) is 0.404. The molecule has 2 aromatic carbocycles. The van der Waals surface area contributed by atoms with E-state index in [2.05, 4.69) is 24.9 Å². The van der Waals surface area contributed by atoms with E-state index in [9.17, 15) is 31.9 Å². The van der Waals surface area contributed by atoms with Gasteiger partial charge in [-0.25, -0.2) is 19.2 Å². The first-order valence-corrected chi connectivity index (χ1v) is 19.6. The molecular weight excluding hydrogens is 784 g/mol. The lowest BCUT2D eigenvalue weighted by Crippen LogP contribution is -2.53. The van der Waals surface area contributed by atoms with Crippen molar-refractivity contribution in [2.24, 2.45) is 11.8 Å². The number of imidazole rings is 1. The molecule has 3 aliphatic heterocycles. The molecule has 0 aliphatic carbocycles. The van der Waals surface area contributed by atoms with Crippen LogP contribution in [-0.2, 0) is 9.53 Å². The van der Waals surface area contributed by atoms with E-state index < -0.39 is 29.6 Å². The number of hydrogen-bond acceptors (Lipinski definition) is 9. The van der Waals surface area contributed by atoms with Gasteiger partial charge in [0.1, 0.15) is 5.60 Å². The maximum atomic E-state index is 14.9. The summed E-state index contributed by atoms with van der Waals surface area (Å²) in [6, 6.07) is 6.85. The third-order valence-electron chi connectivity index (χ3n) is 10.7. The van der Waals surface area contributed by atoms with Crippen LogP contribution in [0.15, 0.2) is 48.9 Å². The molecular formula is C40H45ClF4N8O5. The van der Waals surface area contributed by atoms with Gasteiger partial charge in [0.15, 0.2) is 23.0 Å². The minimum atomic E-state index is -3.32. The lowest BCUT2D eigenvalue weighted by Gasteiger charge is -2.39. The van der Waals surface area contributed by atoms with Gasteiger partial charge in [0.05, 0.1) is 22.5 Å². The number of piperidine rings is 1. The summed E-state index contributed by atoms with van der Waals surface area (Å²) < 4.78 is 65.7. The number of benzene rings is 2. The van der Waals surface area contributed by atoms with Crippen LogP contribution in [0.1, 0.15) is 50.4 Å². The number of hydrogen-bond donors (Lipinski definition) is 1. The average Bonchev–Trinajstić information content (AvgIpc) is 3.84. The van der Waals surface area contributed by atoms with E-state index in [0.717, 1.165) is 51.0 Å². The fraction of sp³-hybridized carbons (Fsp3) is 0.475. The number of nitrogens with zero attached hydrogens (tertiary/aromatic N) is 7. The van der Waals surface area contributed by atoms with E-state index in [4.69, 9.17) is 16.3 Å². The average molecular weight is 829 g/mol. The molecule has 0 saturated carbocycles. The van der Waals surface area contributed by atoms with Crippen molar-refractivity contribution in [2.75, 3.05) is 64.2 Å². The van der Waals surface area contributed by atoms with Gasteiger partial charge in [0.2, 0.25) is 11.7 Å². The molecule has 3 amide bonds. The summed E-state index contributed by atoms with van der Waals surface area (Å²) in [5, 5.41) is 3.29. The number of piperazine rings is 1. The molecule has 0 radical (unpaired) electrons. The Hall–Kier alpha value is -5.16. The van der Waals surface area contributed by atoms with E-state index >= 15 is 0 Å². The number of likely N-dealkylation sites (tertiary alicyclic amines) is 2. The predicted molar refractivity (Wildman–Crippen MR) is 207 cm³/mol. The topological polar surface area (TPSA) is 125 Å². The number of fused-ring (bicyclic) bond motifs is 1. The van der Waals surface area contributed by atoms with Crippen molar-refractivity contribution in [3.05, 3.63) is 71.1 Å². The lowest BCUT2D eigenvalue weighted by atomic mass is 9.94. The van der Waals surface area contributed by atoms with Gasteiger partial charge in [-0.3, -0.25) is 14.0 Å². The van der Waals surface area contributed by atoms with Gasteiger partial charge >= 0.3 is 12.7 Å². The summed E-state index contributed by atoms with van der Waals surface area (Å²) in [6.07, 6.45) is 6.41. The minimum Gasteiger partial charge on any atom is -0.444 e. The Morgan fingerprint density at radius 1 is 0.914 bits per heavy atom. The molecule has 2 aromatic heterocycles. The second-order valence-corrected chi connectivity index (χ2v) is 16.2. The number of carbonyl (C=O) groups excluding carboxylic acids is 3. The molecule has 1 unspecified atom stereocenters. The van der Waals surface area contributed by atoms with Crippen molar-refractivity contribution in [3.8, 4) is 17.0 Å². The third kappa shape index (κ3) is 9.09. The number of rotatable bonds is 9. The predicted octanol–water partition coefficient (Wildman–Crippen LogP) is 6.93. The number of ether oxygens (including phenoxy) is 2. The van der Waals surface area contributed by atoms with Crippen molar-refractivity contribution in [3.63, 3.8) is 0 Å². The SMILES string of the molecule is CC(C)(C)OC(=O)N1CCC(CN2CCC(C(=O)N3CCN(C(=O)c4ccc(Nc5nccn6c(-c7ccc(OC(F)F)c(F)c7F)cnc56)cc4Cl)CC3)CC2)C1. The molecule has 3 aliphatic rings. The Morgan fingerprint density at radius 2 is 1.64 bits per heavy atom. The summed E-state index contributed by atoms with van der Waals surface area (Å²) in [6.45, 7) is 7.82. The van der Waals surface area contributed by atoms with E-state index in [1.807, 2.05) is 25.7 Å². The number of anilines is 2. The van der Waals surface area contributed by atoms with Crippen LogP contribution >= 0.6 is 11.6 Å². The maximum absolute atomic E-state index is 14.9. The van der Waals surface area contributed by atoms with Crippen LogP contribution in [0.4, 0.5) is 33.9 Å². The number of amides is 3. The Kier molecular flexibility index (Phi) is 12.0. The van der Waals surface area contributed by atoms with Gasteiger partial charge in [-0.05, 0) is 89.4 Å². The van der Waals surface area contributed by atoms with Crippen molar-refractivity contribution < 1.29 is 41.4 Å². The van der Waals surface area contributed by atoms with Crippen LogP contribution < -0.4 is 10.1 Å². The van der Waals surface area contributed by atoms with E-state index in [0.29, 0.717) is 56.4 Å². The van der Waals surface area contributed by atoms with Crippen LogP contribution in [0.3, 0.4) is 0 Å². The molecule has 0 spiro atoms. The van der Waals surface area contributed by atoms with Gasteiger partial charge in [0.25, 0.3) is 5.91 Å². The first-order valence-electron chi connectivity index (χ1n) is 19.3. The van der Waals surface area contributed by atoms with Crippen molar-refractivity contribution in [1.29, 1.82) is 0 Å². The van der Waals surface area contributed by atoms with Crippen molar-refractivity contribution in [2.45, 2.75) is 52.2 Å². The zero-order chi connectivity index (χ0) is 41.3. The molecule has 5 heterocycles. The molecule has 4 aromatic rings. The fourth-order valence-corrected chi connectivity index (χ4v) is 8.05. The summed E-state index contributed by atoms with van der Waals surface area (Å²) in [4.78, 5) is 55.9. The highest BCUT2D eigenvalue weighted by Crippen LogP contribution is 2.33.